The van der Waals surface area contributed by atoms with Gasteiger partial charge in [-0.25, -0.2) is 0 Å². The second kappa shape index (κ2) is 5.25. The Hall–Kier alpha value is -1.49. The highest BCUT2D eigenvalue weighted by Gasteiger charge is 2.28. The van der Waals surface area contributed by atoms with Crippen molar-refractivity contribution in [3.63, 3.8) is 0 Å². The minimum Gasteiger partial charge on any atom is -0.323 e. The first-order valence-corrected chi connectivity index (χ1v) is 7.54. The van der Waals surface area contributed by atoms with Crippen LogP contribution in [0.15, 0.2) is 24.3 Å². The number of nitrogens with zero attached hydrogens (tertiary/aromatic N) is 2. The number of anilines is 1. The van der Waals surface area contributed by atoms with E-state index in [0.29, 0.717) is 6.54 Å². The van der Waals surface area contributed by atoms with Gasteiger partial charge in [-0.2, -0.15) is 0 Å². The van der Waals surface area contributed by atoms with Crippen LogP contribution in [0.1, 0.15) is 12.0 Å². The van der Waals surface area contributed by atoms with Crippen LogP contribution in [0.4, 0.5) is 10.5 Å². The predicted molar refractivity (Wildman–Crippen MR) is 76.5 cm³/mol. The lowest BCUT2D eigenvalue weighted by molar-refractivity contribution is -0.119. The smallest absolute Gasteiger partial charge is 0.282 e. The third-order valence-electron chi connectivity index (χ3n) is 3.58. The molecule has 100 valence electrons. The molecule has 0 aromatic heterocycles. The van der Waals surface area contributed by atoms with Gasteiger partial charge in [0.2, 0.25) is 5.91 Å². The summed E-state index contributed by atoms with van der Waals surface area (Å²) in [6, 6.07) is 8.04. The second-order valence-electron chi connectivity index (χ2n) is 4.81. The maximum Gasteiger partial charge on any atom is 0.282 e. The van der Waals surface area contributed by atoms with Gasteiger partial charge in [0.15, 0.2) is 0 Å². The highest BCUT2D eigenvalue weighted by molar-refractivity contribution is 8.13. The standard InChI is InChI=1S/C14H16N2O2S/c17-13(10-15-8-9-19-14(15)18)16-7-3-5-11-4-1-2-6-12(11)16/h1-2,4,6H,3,5,7-10H2. The monoisotopic (exact) mass is 276 g/mol. The Morgan fingerprint density at radius 1 is 1.26 bits per heavy atom. The molecule has 0 unspecified atom stereocenters. The lowest BCUT2D eigenvalue weighted by atomic mass is 10.0. The lowest BCUT2D eigenvalue weighted by Crippen LogP contribution is -2.42. The zero-order valence-corrected chi connectivity index (χ0v) is 11.5. The summed E-state index contributed by atoms with van der Waals surface area (Å²) in [5, 5.41) is 0.0265. The second-order valence-corrected chi connectivity index (χ2v) is 5.86. The molecule has 2 amide bonds. The van der Waals surface area contributed by atoms with E-state index in [9.17, 15) is 9.59 Å². The van der Waals surface area contributed by atoms with Gasteiger partial charge in [-0.15, -0.1) is 0 Å². The lowest BCUT2D eigenvalue weighted by Gasteiger charge is -2.30. The van der Waals surface area contributed by atoms with Crippen LogP contribution in [0.5, 0.6) is 0 Å². The number of fused-ring (bicyclic) bond motifs is 1. The van der Waals surface area contributed by atoms with E-state index in [1.165, 1.54) is 17.3 Å². The first kappa shape index (κ1) is 12.5. The fourth-order valence-electron chi connectivity index (χ4n) is 2.61. The summed E-state index contributed by atoms with van der Waals surface area (Å²) < 4.78 is 0. The fraction of sp³-hybridized carbons (Fsp3) is 0.429. The number of amides is 2. The molecule has 2 aliphatic rings. The molecule has 1 aromatic carbocycles. The molecule has 0 spiro atoms. The summed E-state index contributed by atoms with van der Waals surface area (Å²) in [5.41, 5.74) is 2.24. The van der Waals surface area contributed by atoms with Crippen LogP contribution in [-0.2, 0) is 11.2 Å². The number of benzene rings is 1. The topological polar surface area (TPSA) is 40.6 Å². The van der Waals surface area contributed by atoms with Gasteiger partial charge in [-0.05, 0) is 24.5 Å². The number of carbonyl (C=O) groups excluding carboxylic acids is 2. The van der Waals surface area contributed by atoms with Gasteiger partial charge in [0.05, 0.1) is 0 Å². The van der Waals surface area contributed by atoms with E-state index in [2.05, 4.69) is 6.07 Å². The van der Waals surface area contributed by atoms with Gasteiger partial charge in [0, 0.05) is 24.5 Å². The van der Waals surface area contributed by atoms with Crippen molar-refractivity contribution in [3.8, 4) is 0 Å². The van der Waals surface area contributed by atoms with E-state index in [1.54, 1.807) is 4.90 Å². The van der Waals surface area contributed by atoms with Crippen molar-refractivity contribution in [2.45, 2.75) is 12.8 Å². The average molecular weight is 276 g/mol. The van der Waals surface area contributed by atoms with Crippen molar-refractivity contribution in [3.05, 3.63) is 29.8 Å². The van der Waals surface area contributed by atoms with E-state index in [1.807, 2.05) is 23.1 Å². The number of hydrogen-bond donors (Lipinski definition) is 0. The molecule has 2 heterocycles. The Morgan fingerprint density at radius 2 is 2.11 bits per heavy atom. The van der Waals surface area contributed by atoms with Crippen LogP contribution >= 0.6 is 11.8 Å². The SMILES string of the molecule is O=C1SCCN1CC(=O)N1CCCc2ccccc21. The molecule has 5 heteroatoms. The Labute approximate surface area is 116 Å². The molecule has 0 saturated carbocycles. The maximum absolute atomic E-state index is 12.4. The number of rotatable bonds is 2. The summed E-state index contributed by atoms with van der Waals surface area (Å²) in [6.45, 7) is 1.65. The average Bonchev–Trinajstić information content (AvgIpc) is 2.83. The van der Waals surface area contributed by atoms with Gasteiger partial charge in [-0.3, -0.25) is 9.59 Å². The normalized spacial score (nSPS) is 18.6. The molecule has 0 N–H and O–H groups in total. The molecular formula is C14H16N2O2S. The highest BCUT2D eigenvalue weighted by atomic mass is 32.2. The Morgan fingerprint density at radius 3 is 2.89 bits per heavy atom. The number of hydrogen-bond acceptors (Lipinski definition) is 3. The summed E-state index contributed by atoms with van der Waals surface area (Å²) in [5.74, 6) is 0.825. The van der Waals surface area contributed by atoms with Crippen LogP contribution in [-0.4, -0.2) is 41.4 Å². The van der Waals surface area contributed by atoms with Gasteiger partial charge in [0.1, 0.15) is 6.54 Å². The van der Waals surface area contributed by atoms with Gasteiger partial charge < -0.3 is 9.80 Å². The molecule has 0 atom stereocenters. The highest BCUT2D eigenvalue weighted by Crippen LogP contribution is 2.27. The van der Waals surface area contributed by atoms with E-state index < -0.39 is 0 Å². The number of aryl methyl sites for hydroxylation is 1. The van der Waals surface area contributed by atoms with E-state index in [4.69, 9.17) is 0 Å². The Balaban J connectivity index is 1.76. The molecular weight excluding hydrogens is 260 g/mol. The van der Waals surface area contributed by atoms with Gasteiger partial charge in [-0.1, -0.05) is 30.0 Å². The third-order valence-corrected chi connectivity index (χ3v) is 4.47. The van der Waals surface area contributed by atoms with Crippen LogP contribution in [0.2, 0.25) is 0 Å². The van der Waals surface area contributed by atoms with Crippen molar-refractivity contribution in [2.75, 3.05) is 30.3 Å². The van der Waals surface area contributed by atoms with E-state index >= 15 is 0 Å². The van der Waals surface area contributed by atoms with Crippen molar-refractivity contribution in [1.82, 2.24) is 4.90 Å². The molecule has 0 bridgehead atoms. The third kappa shape index (κ3) is 2.47. The van der Waals surface area contributed by atoms with E-state index in [0.717, 1.165) is 30.8 Å². The quantitative estimate of drug-likeness (QED) is 0.831. The summed E-state index contributed by atoms with van der Waals surface area (Å²) >= 11 is 1.30. The Bertz CT molecular complexity index is 518. The number of thioether (sulfide) groups is 1. The molecule has 1 saturated heterocycles. The molecule has 2 aliphatic heterocycles. The molecule has 0 radical (unpaired) electrons. The van der Waals surface area contributed by atoms with Gasteiger partial charge in [0.25, 0.3) is 5.24 Å². The molecule has 0 aliphatic carbocycles. The first-order valence-electron chi connectivity index (χ1n) is 6.56. The van der Waals surface area contributed by atoms with Crippen LogP contribution < -0.4 is 4.90 Å². The zero-order valence-electron chi connectivity index (χ0n) is 10.7. The maximum atomic E-state index is 12.4. The molecule has 19 heavy (non-hydrogen) atoms. The van der Waals surface area contributed by atoms with E-state index in [-0.39, 0.29) is 17.7 Å². The minimum absolute atomic E-state index is 0.0265. The zero-order chi connectivity index (χ0) is 13.2. The van der Waals surface area contributed by atoms with Gasteiger partial charge >= 0.3 is 0 Å². The first-order chi connectivity index (χ1) is 9.25. The molecule has 4 nitrogen and oxygen atoms in total. The molecule has 1 aromatic rings. The summed E-state index contributed by atoms with van der Waals surface area (Å²) in [7, 11) is 0. The number of para-hydroxylation sites is 1. The van der Waals surface area contributed by atoms with Crippen molar-refractivity contribution >= 4 is 28.6 Å². The minimum atomic E-state index is 0.0265. The predicted octanol–water partition coefficient (Wildman–Crippen LogP) is 2.13. The molecule has 3 rings (SSSR count). The van der Waals surface area contributed by atoms with Crippen LogP contribution in [0, 0.1) is 0 Å². The molecule has 1 fully saturated rings. The van der Waals surface area contributed by atoms with Crippen LogP contribution in [0.25, 0.3) is 0 Å². The summed E-state index contributed by atoms with van der Waals surface area (Å²) in [4.78, 5) is 27.4. The number of carbonyl (C=O) groups is 2. The largest absolute Gasteiger partial charge is 0.323 e. The van der Waals surface area contributed by atoms with Crippen molar-refractivity contribution < 1.29 is 9.59 Å². The van der Waals surface area contributed by atoms with Crippen molar-refractivity contribution in [2.24, 2.45) is 0 Å². The fourth-order valence-corrected chi connectivity index (χ4v) is 3.44. The van der Waals surface area contributed by atoms with Crippen LogP contribution in [0.3, 0.4) is 0 Å². The van der Waals surface area contributed by atoms with Crippen molar-refractivity contribution in [1.29, 1.82) is 0 Å². The Kier molecular flexibility index (Phi) is 3.46. The summed E-state index contributed by atoms with van der Waals surface area (Å²) in [6.07, 6.45) is 2.02.